The number of hydrogen-bond acceptors (Lipinski definition) is 3. The SMILES string of the molecule is CCC(C)(C)C(=O)Nc1ccc(S(=O)(=O)Nc2cccc(F)c2)cc1. The molecule has 0 heterocycles. The van der Waals surface area contributed by atoms with E-state index in [4.69, 9.17) is 0 Å². The first-order valence-corrected chi connectivity index (χ1v) is 9.32. The van der Waals surface area contributed by atoms with Crippen molar-refractivity contribution in [3.63, 3.8) is 0 Å². The molecule has 0 aromatic heterocycles. The molecule has 2 aromatic carbocycles. The summed E-state index contributed by atoms with van der Waals surface area (Å²) in [5, 5.41) is 2.77. The van der Waals surface area contributed by atoms with Gasteiger partial charge in [-0.05, 0) is 48.9 Å². The predicted octanol–water partition coefficient (Wildman–Crippen LogP) is 4.00. The summed E-state index contributed by atoms with van der Waals surface area (Å²) in [4.78, 5) is 12.2. The second-order valence-corrected chi connectivity index (χ2v) is 8.01. The molecule has 5 nitrogen and oxygen atoms in total. The van der Waals surface area contributed by atoms with Gasteiger partial charge in [0.05, 0.1) is 10.6 Å². The van der Waals surface area contributed by atoms with E-state index in [0.29, 0.717) is 12.1 Å². The van der Waals surface area contributed by atoms with Crippen molar-refractivity contribution in [3.8, 4) is 0 Å². The number of hydrogen-bond donors (Lipinski definition) is 2. The Balaban J connectivity index is 2.14. The highest BCUT2D eigenvalue weighted by atomic mass is 32.2. The van der Waals surface area contributed by atoms with Crippen molar-refractivity contribution in [1.29, 1.82) is 0 Å². The van der Waals surface area contributed by atoms with Gasteiger partial charge in [-0.25, -0.2) is 12.8 Å². The van der Waals surface area contributed by atoms with Gasteiger partial charge in [-0.2, -0.15) is 0 Å². The van der Waals surface area contributed by atoms with Crippen molar-refractivity contribution in [3.05, 3.63) is 54.3 Å². The molecule has 1 amide bonds. The van der Waals surface area contributed by atoms with Crippen LogP contribution in [0.15, 0.2) is 53.4 Å². The maximum absolute atomic E-state index is 13.2. The smallest absolute Gasteiger partial charge is 0.261 e. The predicted molar refractivity (Wildman–Crippen MR) is 96.4 cm³/mol. The van der Waals surface area contributed by atoms with E-state index in [1.165, 1.54) is 42.5 Å². The Bertz CT molecular complexity index is 862. The number of halogens is 1. The fraction of sp³-hybridized carbons (Fsp3) is 0.278. The van der Waals surface area contributed by atoms with E-state index in [2.05, 4.69) is 10.0 Å². The second kappa shape index (κ2) is 7.23. The summed E-state index contributed by atoms with van der Waals surface area (Å²) in [7, 11) is -3.84. The third kappa shape index (κ3) is 4.79. The number of benzene rings is 2. The summed E-state index contributed by atoms with van der Waals surface area (Å²) in [5.74, 6) is -0.666. The van der Waals surface area contributed by atoms with Gasteiger partial charge in [-0.3, -0.25) is 9.52 Å². The van der Waals surface area contributed by atoms with E-state index < -0.39 is 21.3 Å². The molecule has 2 aromatic rings. The molecule has 2 N–H and O–H groups in total. The van der Waals surface area contributed by atoms with Gasteiger partial charge < -0.3 is 5.32 Å². The van der Waals surface area contributed by atoms with Gasteiger partial charge in [-0.15, -0.1) is 0 Å². The van der Waals surface area contributed by atoms with Gasteiger partial charge >= 0.3 is 0 Å². The van der Waals surface area contributed by atoms with Crippen LogP contribution in [-0.2, 0) is 14.8 Å². The van der Waals surface area contributed by atoms with Gasteiger partial charge in [0, 0.05) is 11.1 Å². The number of nitrogens with one attached hydrogen (secondary N) is 2. The molecule has 0 aliphatic carbocycles. The lowest BCUT2D eigenvalue weighted by Crippen LogP contribution is -2.29. The summed E-state index contributed by atoms with van der Waals surface area (Å²) in [6, 6.07) is 11.0. The summed E-state index contributed by atoms with van der Waals surface area (Å²) in [5.41, 5.74) is 0.141. The first-order chi connectivity index (χ1) is 11.6. The van der Waals surface area contributed by atoms with Crippen LogP contribution in [0, 0.1) is 11.2 Å². The van der Waals surface area contributed by atoms with Crippen LogP contribution in [0.3, 0.4) is 0 Å². The van der Waals surface area contributed by atoms with Gasteiger partial charge in [0.1, 0.15) is 5.82 Å². The second-order valence-electron chi connectivity index (χ2n) is 6.33. The summed E-state index contributed by atoms with van der Waals surface area (Å²) < 4.78 is 40.1. The molecule has 0 aliphatic heterocycles. The van der Waals surface area contributed by atoms with Crippen molar-refractivity contribution < 1.29 is 17.6 Å². The monoisotopic (exact) mass is 364 g/mol. The number of carbonyl (C=O) groups excluding carboxylic acids is 1. The maximum atomic E-state index is 13.2. The zero-order chi connectivity index (χ0) is 18.7. The molecule has 25 heavy (non-hydrogen) atoms. The number of sulfonamides is 1. The zero-order valence-corrected chi connectivity index (χ0v) is 15.2. The summed E-state index contributed by atoms with van der Waals surface area (Å²) in [6.07, 6.45) is 0.683. The van der Waals surface area contributed by atoms with E-state index in [9.17, 15) is 17.6 Å². The Kier molecular flexibility index (Phi) is 5.47. The molecule has 0 saturated heterocycles. The Morgan fingerprint density at radius 1 is 1.08 bits per heavy atom. The third-order valence-electron chi connectivity index (χ3n) is 4.00. The normalized spacial score (nSPS) is 11.8. The van der Waals surface area contributed by atoms with Crippen LogP contribution in [0.1, 0.15) is 27.2 Å². The first kappa shape index (κ1) is 18.9. The Morgan fingerprint density at radius 2 is 1.72 bits per heavy atom. The topological polar surface area (TPSA) is 75.3 Å². The molecule has 0 atom stereocenters. The van der Waals surface area contributed by atoms with Crippen molar-refractivity contribution in [2.75, 3.05) is 10.0 Å². The number of carbonyl (C=O) groups is 1. The van der Waals surface area contributed by atoms with E-state index in [0.717, 1.165) is 6.07 Å². The van der Waals surface area contributed by atoms with Gasteiger partial charge in [0.2, 0.25) is 5.91 Å². The van der Waals surface area contributed by atoms with E-state index in [1.54, 1.807) is 0 Å². The lowest BCUT2D eigenvalue weighted by atomic mass is 9.89. The Hall–Kier alpha value is -2.41. The largest absolute Gasteiger partial charge is 0.326 e. The number of amides is 1. The van der Waals surface area contributed by atoms with Crippen LogP contribution in [0.25, 0.3) is 0 Å². The van der Waals surface area contributed by atoms with Crippen LogP contribution in [0.2, 0.25) is 0 Å². The standard InChI is InChI=1S/C18H21FN2O3S/c1-4-18(2,3)17(22)20-14-8-10-16(11-9-14)25(23,24)21-15-7-5-6-13(19)12-15/h5-12,21H,4H2,1-3H3,(H,20,22). The lowest BCUT2D eigenvalue weighted by Gasteiger charge is -2.21. The molecular weight excluding hydrogens is 343 g/mol. The average molecular weight is 364 g/mol. The molecular formula is C18H21FN2O3S. The molecule has 0 aliphatic rings. The Morgan fingerprint density at radius 3 is 2.28 bits per heavy atom. The van der Waals surface area contributed by atoms with Crippen LogP contribution in [0.5, 0.6) is 0 Å². The molecule has 0 bridgehead atoms. The highest BCUT2D eigenvalue weighted by Crippen LogP contribution is 2.23. The third-order valence-corrected chi connectivity index (χ3v) is 5.40. The summed E-state index contributed by atoms with van der Waals surface area (Å²) >= 11 is 0. The number of rotatable bonds is 6. The highest BCUT2D eigenvalue weighted by Gasteiger charge is 2.25. The molecule has 0 unspecified atom stereocenters. The molecule has 7 heteroatoms. The van der Waals surface area contributed by atoms with Crippen molar-refractivity contribution >= 4 is 27.3 Å². The van der Waals surface area contributed by atoms with Gasteiger partial charge in [-0.1, -0.05) is 26.8 Å². The van der Waals surface area contributed by atoms with Gasteiger partial charge in [0.15, 0.2) is 0 Å². The van der Waals surface area contributed by atoms with E-state index in [1.807, 2.05) is 20.8 Å². The fourth-order valence-electron chi connectivity index (χ4n) is 1.94. The molecule has 0 radical (unpaired) electrons. The minimum absolute atomic E-state index is 0.0181. The molecule has 0 saturated carbocycles. The maximum Gasteiger partial charge on any atom is 0.261 e. The number of anilines is 2. The van der Waals surface area contributed by atoms with Crippen molar-refractivity contribution in [1.82, 2.24) is 0 Å². The van der Waals surface area contributed by atoms with Gasteiger partial charge in [0.25, 0.3) is 10.0 Å². The molecule has 0 spiro atoms. The van der Waals surface area contributed by atoms with E-state index in [-0.39, 0.29) is 16.5 Å². The van der Waals surface area contributed by atoms with Crippen molar-refractivity contribution in [2.45, 2.75) is 32.1 Å². The first-order valence-electron chi connectivity index (χ1n) is 7.84. The fourth-order valence-corrected chi connectivity index (χ4v) is 2.99. The van der Waals surface area contributed by atoms with Crippen LogP contribution < -0.4 is 10.0 Å². The summed E-state index contributed by atoms with van der Waals surface area (Å²) in [6.45, 7) is 5.60. The average Bonchev–Trinajstić information content (AvgIpc) is 2.55. The van der Waals surface area contributed by atoms with E-state index >= 15 is 0 Å². The van der Waals surface area contributed by atoms with Crippen LogP contribution >= 0.6 is 0 Å². The zero-order valence-electron chi connectivity index (χ0n) is 14.3. The molecule has 2 rings (SSSR count). The molecule has 134 valence electrons. The lowest BCUT2D eigenvalue weighted by molar-refractivity contribution is -0.124. The minimum atomic E-state index is -3.84. The molecule has 0 fully saturated rings. The van der Waals surface area contributed by atoms with Crippen LogP contribution in [0.4, 0.5) is 15.8 Å². The van der Waals surface area contributed by atoms with Crippen LogP contribution in [-0.4, -0.2) is 14.3 Å². The minimum Gasteiger partial charge on any atom is -0.326 e. The Labute approximate surface area is 147 Å². The quantitative estimate of drug-likeness (QED) is 0.813. The van der Waals surface area contributed by atoms with Crippen molar-refractivity contribution in [2.24, 2.45) is 5.41 Å². The highest BCUT2D eigenvalue weighted by molar-refractivity contribution is 7.92.